The molecule has 0 aliphatic heterocycles. The van der Waals surface area contributed by atoms with E-state index in [0.29, 0.717) is 17.8 Å². The lowest BCUT2D eigenvalue weighted by atomic mass is 10.0. The molecule has 2 heterocycles. The van der Waals surface area contributed by atoms with Gasteiger partial charge in [0.15, 0.2) is 5.65 Å². The average Bonchev–Trinajstić information content (AvgIpc) is 2.93. The third-order valence-corrected chi connectivity index (χ3v) is 4.59. The van der Waals surface area contributed by atoms with Gasteiger partial charge in [-0.2, -0.15) is 5.10 Å². The number of carbonyl (C=O) groups excluding carboxylic acids is 1. The zero-order valence-corrected chi connectivity index (χ0v) is 15.0. The second-order valence-electron chi connectivity index (χ2n) is 6.33. The zero-order valence-electron chi connectivity index (χ0n) is 15.0. The van der Waals surface area contributed by atoms with Gasteiger partial charge in [-0.05, 0) is 19.9 Å². The van der Waals surface area contributed by atoms with Crippen molar-refractivity contribution in [3.8, 4) is 11.3 Å². The predicted molar refractivity (Wildman–Crippen MR) is 99.3 cm³/mol. The molecule has 0 bridgehead atoms. The Labute approximate surface area is 147 Å². The standard InChI is InChI=1S/C19H23N5O/c1-12(11-20)23(3)19(25)15-10-16(14-8-6-5-7-9-14)21-18-17(15)13(2)22-24(18)4/h5-10,12H,11,20H2,1-4H3. The second kappa shape index (κ2) is 6.64. The molecule has 1 unspecified atom stereocenters. The summed E-state index contributed by atoms with van der Waals surface area (Å²) in [4.78, 5) is 19.5. The summed E-state index contributed by atoms with van der Waals surface area (Å²) in [5, 5.41) is 5.25. The minimum absolute atomic E-state index is 0.0483. The van der Waals surface area contributed by atoms with Crippen LogP contribution >= 0.6 is 0 Å². The van der Waals surface area contributed by atoms with E-state index in [1.165, 1.54) is 0 Å². The van der Waals surface area contributed by atoms with Crippen molar-refractivity contribution < 1.29 is 4.79 Å². The summed E-state index contributed by atoms with van der Waals surface area (Å²) in [5.41, 5.74) is 9.56. The van der Waals surface area contributed by atoms with Crippen LogP contribution in [0.15, 0.2) is 36.4 Å². The number of nitrogens with zero attached hydrogens (tertiary/aromatic N) is 4. The van der Waals surface area contributed by atoms with E-state index < -0.39 is 0 Å². The van der Waals surface area contributed by atoms with E-state index in [9.17, 15) is 4.79 Å². The van der Waals surface area contributed by atoms with E-state index in [1.807, 2.05) is 57.3 Å². The highest BCUT2D eigenvalue weighted by molar-refractivity contribution is 6.07. The topological polar surface area (TPSA) is 77.0 Å². The fraction of sp³-hybridized carbons (Fsp3) is 0.316. The van der Waals surface area contributed by atoms with Gasteiger partial charge in [-0.15, -0.1) is 0 Å². The molecule has 1 aromatic carbocycles. The highest BCUT2D eigenvalue weighted by Crippen LogP contribution is 2.27. The summed E-state index contributed by atoms with van der Waals surface area (Å²) in [6.07, 6.45) is 0. The van der Waals surface area contributed by atoms with Crippen LogP contribution in [0.2, 0.25) is 0 Å². The predicted octanol–water partition coefficient (Wildman–Crippen LogP) is 2.36. The van der Waals surface area contributed by atoms with Gasteiger partial charge in [0.05, 0.1) is 22.3 Å². The van der Waals surface area contributed by atoms with E-state index >= 15 is 0 Å². The lowest BCUT2D eigenvalue weighted by molar-refractivity contribution is 0.0750. The summed E-state index contributed by atoms with van der Waals surface area (Å²) in [7, 11) is 3.62. The number of hydrogen-bond acceptors (Lipinski definition) is 4. The molecule has 6 nitrogen and oxygen atoms in total. The SMILES string of the molecule is Cc1nn(C)c2nc(-c3ccccc3)cc(C(=O)N(C)C(C)CN)c12. The molecule has 0 fully saturated rings. The lowest BCUT2D eigenvalue weighted by Crippen LogP contribution is -2.39. The maximum absolute atomic E-state index is 13.1. The Morgan fingerprint density at radius 1 is 1.32 bits per heavy atom. The first kappa shape index (κ1) is 17.1. The molecule has 3 rings (SSSR count). The van der Waals surface area contributed by atoms with E-state index in [4.69, 9.17) is 10.7 Å². The molecule has 0 radical (unpaired) electrons. The number of fused-ring (bicyclic) bond motifs is 1. The maximum Gasteiger partial charge on any atom is 0.254 e. The van der Waals surface area contributed by atoms with Crippen molar-refractivity contribution in [2.75, 3.05) is 13.6 Å². The van der Waals surface area contributed by atoms with E-state index in [1.54, 1.807) is 16.6 Å². The highest BCUT2D eigenvalue weighted by atomic mass is 16.2. The monoisotopic (exact) mass is 337 g/mol. The van der Waals surface area contributed by atoms with Crippen LogP contribution in [0.5, 0.6) is 0 Å². The molecular formula is C19H23N5O. The number of aryl methyl sites for hydroxylation is 2. The van der Waals surface area contributed by atoms with Gasteiger partial charge in [0.2, 0.25) is 0 Å². The first-order valence-electron chi connectivity index (χ1n) is 8.31. The Kier molecular flexibility index (Phi) is 4.55. The lowest BCUT2D eigenvalue weighted by Gasteiger charge is -2.24. The van der Waals surface area contributed by atoms with Crippen LogP contribution in [0.1, 0.15) is 23.0 Å². The van der Waals surface area contributed by atoms with Crippen molar-refractivity contribution in [1.29, 1.82) is 0 Å². The fourth-order valence-corrected chi connectivity index (χ4v) is 2.92. The van der Waals surface area contributed by atoms with Crippen LogP contribution in [0, 0.1) is 6.92 Å². The molecule has 0 saturated heterocycles. The third kappa shape index (κ3) is 3.00. The van der Waals surface area contributed by atoms with Crippen molar-refractivity contribution in [2.24, 2.45) is 12.8 Å². The molecule has 0 saturated carbocycles. The molecule has 1 atom stereocenters. The first-order valence-corrected chi connectivity index (χ1v) is 8.31. The summed E-state index contributed by atoms with van der Waals surface area (Å²) in [5.74, 6) is -0.0707. The number of aromatic nitrogens is 3. The number of rotatable bonds is 4. The largest absolute Gasteiger partial charge is 0.338 e. The molecule has 6 heteroatoms. The van der Waals surface area contributed by atoms with Crippen LogP contribution in [0.25, 0.3) is 22.3 Å². The molecule has 2 aromatic heterocycles. The van der Waals surface area contributed by atoms with Crippen LogP contribution < -0.4 is 5.73 Å². The van der Waals surface area contributed by atoms with Gasteiger partial charge in [0.25, 0.3) is 5.91 Å². The second-order valence-corrected chi connectivity index (χ2v) is 6.33. The highest BCUT2D eigenvalue weighted by Gasteiger charge is 2.23. The van der Waals surface area contributed by atoms with Crippen LogP contribution in [0.4, 0.5) is 0 Å². The van der Waals surface area contributed by atoms with E-state index in [0.717, 1.165) is 22.3 Å². The molecule has 0 aliphatic rings. The molecule has 3 aromatic rings. The smallest absolute Gasteiger partial charge is 0.254 e. The number of hydrogen-bond donors (Lipinski definition) is 1. The molecule has 130 valence electrons. The normalized spacial score (nSPS) is 12.4. The Morgan fingerprint density at radius 2 is 2.00 bits per heavy atom. The third-order valence-electron chi connectivity index (χ3n) is 4.59. The molecule has 0 spiro atoms. The Balaban J connectivity index is 2.24. The van der Waals surface area contributed by atoms with Gasteiger partial charge in [0.1, 0.15) is 0 Å². The average molecular weight is 337 g/mol. The van der Waals surface area contributed by atoms with Gasteiger partial charge >= 0.3 is 0 Å². The van der Waals surface area contributed by atoms with Gasteiger partial charge in [0, 0.05) is 32.2 Å². The van der Waals surface area contributed by atoms with Crippen molar-refractivity contribution in [2.45, 2.75) is 19.9 Å². The van der Waals surface area contributed by atoms with Gasteiger partial charge < -0.3 is 10.6 Å². The minimum atomic E-state index is -0.0707. The fourth-order valence-electron chi connectivity index (χ4n) is 2.92. The molecule has 1 amide bonds. The van der Waals surface area contributed by atoms with Crippen LogP contribution in [-0.4, -0.2) is 45.2 Å². The summed E-state index contributed by atoms with van der Waals surface area (Å²) in [6, 6.07) is 11.6. The Bertz CT molecular complexity index is 916. The number of carbonyl (C=O) groups is 1. The van der Waals surface area contributed by atoms with Crippen LogP contribution in [0.3, 0.4) is 0 Å². The molecule has 0 aliphatic carbocycles. The van der Waals surface area contributed by atoms with Crippen molar-refractivity contribution >= 4 is 16.9 Å². The summed E-state index contributed by atoms with van der Waals surface area (Å²) >= 11 is 0. The number of pyridine rings is 1. The Morgan fingerprint density at radius 3 is 2.64 bits per heavy atom. The number of nitrogens with two attached hydrogens (primary N) is 1. The molecule has 2 N–H and O–H groups in total. The quantitative estimate of drug-likeness (QED) is 0.793. The number of amides is 1. The number of benzene rings is 1. The van der Waals surface area contributed by atoms with Crippen LogP contribution in [-0.2, 0) is 7.05 Å². The summed E-state index contributed by atoms with van der Waals surface area (Å²) in [6.45, 7) is 4.24. The number of likely N-dealkylation sites (N-methyl/N-ethyl adjacent to an activating group) is 1. The minimum Gasteiger partial charge on any atom is -0.338 e. The zero-order chi connectivity index (χ0) is 18.1. The van der Waals surface area contributed by atoms with Gasteiger partial charge in [-0.25, -0.2) is 4.98 Å². The Hall–Kier alpha value is -2.73. The van der Waals surface area contributed by atoms with Gasteiger partial charge in [-0.1, -0.05) is 30.3 Å². The first-order chi connectivity index (χ1) is 11.9. The van der Waals surface area contributed by atoms with E-state index in [-0.39, 0.29) is 11.9 Å². The van der Waals surface area contributed by atoms with Crippen molar-refractivity contribution in [1.82, 2.24) is 19.7 Å². The summed E-state index contributed by atoms with van der Waals surface area (Å²) < 4.78 is 1.72. The van der Waals surface area contributed by atoms with Crippen molar-refractivity contribution in [3.63, 3.8) is 0 Å². The van der Waals surface area contributed by atoms with E-state index in [2.05, 4.69) is 5.10 Å². The maximum atomic E-state index is 13.1. The van der Waals surface area contributed by atoms with Gasteiger partial charge in [-0.3, -0.25) is 9.48 Å². The van der Waals surface area contributed by atoms with Crippen molar-refractivity contribution in [3.05, 3.63) is 47.7 Å². The molecular weight excluding hydrogens is 314 g/mol. The molecule has 25 heavy (non-hydrogen) atoms.